The van der Waals surface area contributed by atoms with Crippen LogP contribution in [0.3, 0.4) is 0 Å². The number of carbonyl (C=O) groups excluding carboxylic acids is 2. The van der Waals surface area contributed by atoms with Crippen LogP contribution < -0.4 is 10.2 Å². The summed E-state index contributed by atoms with van der Waals surface area (Å²) in [5, 5.41) is 3.02. The first-order valence-corrected chi connectivity index (χ1v) is 9.12. The lowest BCUT2D eigenvalue weighted by atomic mass is 10.1. The van der Waals surface area contributed by atoms with Crippen LogP contribution in [0.4, 0.5) is 5.69 Å². The topological polar surface area (TPSA) is 55.9 Å². The molecule has 1 aromatic carbocycles. The van der Waals surface area contributed by atoms with Crippen LogP contribution in [0.2, 0.25) is 0 Å². The number of likely N-dealkylation sites (N-methyl/N-ethyl adjacent to an activating group) is 1. The van der Waals surface area contributed by atoms with Crippen molar-refractivity contribution in [3.05, 3.63) is 29.8 Å². The van der Waals surface area contributed by atoms with E-state index in [0.717, 1.165) is 50.4 Å². The first kappa shape index (κ1) is 17.9. The number of benzene rings is 1. The highest BCUT2D eigenvalue weighted by molar-refractivity contribution is 6.02. The van der Waals surface area contributed by atoms with Crippen molar-refractivity contribution >= 4 is 17.5 Å². The summed E-state index contributed by atoms with van der Waals surface area (Å²) >= 11 is 0. The molecule has 6 nitrogen and oxygen atoms in total. The highest BCUT2D eigenvalue weighted by Gasteiger charge is 2.36. The maximum absolute atomic E-state index is 12.6. The largest absolute Gasteiger partial charge is 0.354 e. The number of anilines is 1. The Hall–Kier alpha value is -1.92. The smallest absolute Gasteiger partial charge is 0.243 e. The van der Waals surface area contributed by atoms with Crippen molar-refractivity contribution in [2.45, 2.75) is 25.8 Å². The van der Waals surface area contributed by atoms with Gasteiger partial charge in [-0.15, -0.1) is 0 Å². The minimum Gasteiger partial charge on any atom is -0.354 e. The maximum atomic E-state index is 12.6. The third-order valence-electron chi connectivity index (χ3n) is 5.16. The van der Waals surface area contributed by atoms with Gasteiger partial charge in [0.25, 0.3) is 0 Å². The number of hydrogen-bond donors (Lipinski definition) is 1. The van der Waals surface area contributed by atoms with Crippen LogP contribution in [0.1, 0.15) is 18.9 Å². The van der Waals surface area contributed by atoms with Crippen molar-refractivity contribution in [3.63, 3.8) is 0 Å². The van der Waals surface area contributed by atoms with Gasteiger partial charge in [-0.3, -0.25) is 14.5 Å². The maximum Gasteiger partial charge on any atom is 0.243 e. The molecule has 0 radical (unpaired) electrons. The zero-order valence-electron chi connectivity index (χ0n) is 15.2. The first-order chi connectivity index (χ1) is 12.1. The van der Waals surface area contributed by atoms with Crippen LogP contribution in [0.15, 0.2) is 24.3 Å². The zero-order valence-corrected chi connectivity index (χ0v) is 15.2. The van der Waals surface area contributed by atoms with Crippen LogP contribution in [-0.2, 0) is 16.0 Å². The molecular formula is C19H28N4O2. The van der Waals surface area contributed by atoms with E-state index in [9.17, 15) is 9.59 Å². The minimum atomic E-state index is -0.418. The van der Waals surface area contributed by atoms with Gasteiger partial charge in [-0.05, 0) is 31.6 Å². The average molecular weight is 344 g/mol. The number of carbonyl (C=O) groups is 2. The summed E-state index contributed by atoms with van der Waals surface area (Å²) in [6.07, 6.45) is 1.54. The average Bonchev–Trinajstić information content (AvgIpc) is 3.00. The van der Waals surface area contributed by atoms with E-state index >= 15 is 0 Å². The van der Waals surface area contributed by atoms with Gasteiger partial charge in [0, 0.05) is 51.8 Å². The standard InChI is InChI=1S/C19H28N4O2/c1-15(24)23-17-7-4-3-6-16(17)14-18(23)19(25)20-8-5-9-22-12-10-21(2)11-13-22/h3-4,6-7,18H,5,8-14H2,1-2H3,(H,20,25)/t18-/m0/s1. The zero-order chi connectivity index (χ0) is 17.8. The third kappa shape index (κ3) is 4.19. The Morgan fingerprint density at radius 1 is 1.16 bits per heavy atom. The van der Waals surface area contributed by atoms with Crippen LogP contribution in [0, 0.1) is 0 Å². The Morgan fingerprint density at radius 3 is 2.60 bits per heavy atom. The number of amides is 2. The number of hydrogen-bond acceptors (Lipinski definition) is 4. The number of para-hydroxylation sites is 1. The fourth-order valence-electron chi connectivity index (χ4n) is 3.69. The van der Waals surface area contributed by atoms with Crippen LogP contribution in [0.25, 0.3) is 0 Å². The molecule has 2 heterocycles. The SMILES string of the molecule is CC(=O)N1c2ccccc2C[C@H]1C(=O)NCCCN1CCN(C)CC1. The van der Waals surface area contributed by atoms with Crippen LogP contribution >= 0.6 is 0 Å². The van der Waals surface area contributed by atoms with E-state index in [2.05, 4.69) is 22.2 Å². The van der Waals surface area contributed by atoms with Gasteiger partial charge in [0.1, 0.15) is 6.04 Å². The first-order valence-electron chi connectivity index (χ1n) is 9.12. The summed E-state index contributed by atoms with van der Waals surface area (Å²) in [6, 6.07) is 7.35. The molecule has 1 fully saturated rings. The lowest BCUT2D eigenvalue weighted by molar-refractivity contribution is -0.125. The van der Waals surface area contributed by atoms with Crippen molar-refractivity contribution in [3.8, 4) is 0 Å². The molecule has 6 heteroatoms. The Bertz CT molecular complexity index is 626. The predicted molar refractivity (Wildman–Crippen MR) is 98.7 cm³/mol. The van der Waals surface area contributed by atoms with Crippen LogP contribution in [0.5, 0.6) is 0 Å². The molecule has 2 aliphatic heterocycles. The molecule has 136 valence electrons. The summed E-state index contributed by atoms with van der Waals surface area (Å²) in [7, 11) is 2.15. The van der Waals surface area contributed by atoms with Gasteiger partial charge in [-0.2, -0.15) is 0 Å². The van der Waals surface area contributed by atoms with Gasteiger partial charge < -0.3 is 15.1 Å². The highest BCUT2D eigenvalue weighted by Crippen LogP contribution is 2.32. The molecule has 2 aliphatic rings. The van der Waals surface area contributed by atoms with Gasteiger partial charge in [-0.1, -0.05) is 18.2 Å². The minimum absolute atomic E-state index is 0.0511. The third-order valence-corrected chi connectivity index (χ3v) is 5.16. The second-order valence-corrected chi connectivity index (χ2v) is 7.03. The predicted octanol–water partition coefficient (Wildman–Crippen LogP) is 0.718. The van der Waals surface area contributed by atoms with E-state index in [1.165, 1.54) is 6.92 Å². The molecule has 25 heavy (non-hydrogen) atoms. The van der Waals surface area contributed by atoms with Gasteiger partial charge in [-0.25, -0.2) is 0 Å². The number of fused-ring (bicyclic) bond motifs is 1. The molecule has 0 aromatic heterocycles. The normalized spacial score (nSPS) is 21.2. The molecule has 0 saturated carbocycles. The van der Waals surface area contributed by atoms with Crippen molar-refractivity contribution < 1.29 is 9.59 Å². The van der Waals surface area contributed by atoms with Crippen molar-refractivity contribution in [2.75, 3.05) is 51.2 Å². The second-order valence-electron chi connectivity index (χ2n) is 7.03. The van der Waals surface area contributed by atoms with Gasteiger partial charge in [0.15, 0.2) is 0 Å². The Balaban J connectivity index is 1.47. The van der Waals surface area contributed by atoms with E-state index in [4.69, 9.17) is 0 Å². The molecule has 1 N–H and O–H groups in total. The lowest BCUT2D eigenvalue weighted by Crippen LogP contribution is -2.48. The molecule has 2 amide bonds. The fraction of sp³-hybridized carbons (Fsp3) is 0.579. The molecule has 0 aliphatic carbocycles. The molecule has 0 unspecified atom stereocenters. The highest BCUT2D eigenvalue weighted by atomic mass is 16.2. The fourth-order valence-corrected chi connectivity index (χ4v) is 3.69. The summed E-state index contributed by atoms with van der Waals surface area (Å²) < 4.78 is 0. The number of nitrogens with one attached hydrogen (secondary N) is 1. The quantitative estimate of drug-likeness (QED) is 0.800. The van der Waals surface area contributed by atoms with Crippen molar-refractivity contribution in [1.29, 1.82) is 0 Å². The Labute approximate surface area is 149 Å². The van der Waals surface area contributed by atoms with Gasteiger partial charge in [0.2, 0.25) is 11.8 Å². The monoisotopic (exact) mass is 344 g/mol. The molecule has 1 saturated heterocycles. The molecule has 1 aromatic rings. The van der Waals surface area contributed by atoms with E-state index in [-0.39, 0.29) is 11.8 Å². The summed E-state index contributed by atoms with van der Waals surface area (Å²) in [5.74, 6) is -0.132. The van der Waals surface area contributed by atoms with E-state index in [1.54, 1.807) is 4.90 Å². The molecule has 0 spiro atoms. The van der Waals surface area contributed by atoms with Gasteiger partial charge >= 0.3 is 0 Å². The summed E-state index contributed by atoms with van der Waals surface area (Å²) in [6.45, 7) is 7.61. The number of piperazine rings is 1. The van der Waals surface area contributed by atoms with E-state index in [1.807, 2.05) is 24.3 Å². The van der Waals surface area contributed by atoms with Crippen LogP contribution in [-0.4, -0.2) is 74.0 Å². The van der Waals surface area contributed by atoms with Crippen molar-refractivity contribution in [2.24, 2.45) is 0 Å². The number of nitrogens with zero attached hydrogens (tertiary/aromatic N) is 3. The molecule has 0 bridgehead atoms. The molecule has 3 rings (SSSR count). The molecular weight excluding hydrogens is 316 g/mol. The summed E-state index contributed by atoms with van der Waals surface area (Å²) in [5.41, 5.74) is 1.93. The molecule has 1 atom stereocenters. The summed E-state index contributed by atoms with van der Waals surface area (Å²) in [4.78, 5) is 31.0. The Kier molecular flexibility index (Phi) is 5.71. The van der Waals surface area contributed by atoms with E-state index < -0.39 is 6.04 Å². The second kappa shape index (κ2) is 7.97. The Morgan fingerprint density at radius 2 is 1.88 bits per heavy atom. The van der Waals surface area contributed by atoms with Crippen molar-refractivity contribution in [1.82, 2.24) is 15.1 Å². The lowest BCUT2D eigenvalue weighted by Gasteiger charge is -2.32. The van der Waals surface area contributed by atoms with Gasteiger partial charge in [0.05, 0.1) is 0 Å². The number of rotatable bonds is 5. The van der Waals surface area contributed by atoms with E-state index in [0.29, 0.717) is 13.0 Å².